The number of benzene rings is 3. The number of rotatable bonds is 4. The Balaban J connectivity index is 1.43. The van der Waals surface area contributed by atoms with Crippen molar-refractivity contribution in [2.45, 2.75) is 44.8 Å². The van der Waals surface area contributed by atoms with Crippen molar-refractivity contribution in [2.24, 2.45) is 0 Å². The molecule has 6 rings (SSSR count). The van der Waals surface area contributed by atoms with Crippen molar-refractivity contribution in [3.8, 4) is 0 Å². The number of piperazine rings is 1. The minimum atomic E-state index is -0.590. The van der Waals surface area contributed by atoms with Gasteiger partial charge in [0.1, 0.15) is 18.4 Å². The standard InChI is InChI=1S/C30H28FN3O2/c1-18(2)20-9-11-21(12-10-20)29-28-24(23-5-3-4-6-25(23)32-28)15-26-30(36)33(17-27(35)34(26)29)16-19-7-13-22(31)14-8-19/h3-14,18,26,29,32H,15-17H2,1-2H3/t26-,29?/m1/s1. The lowest BCUT2D eigenvalue weighted by Gasteiger charge is -2.47. The van der Waals surface area contributed by atoms with Gasteiger partial charge in [0.15, 0.2) is 0 Å². The first-order valence-corrected chi connectivity index (χ1v) is 12.4. The summed E-state index contributed by atoms with van der Waals surface area (Å²) < 4.78 is 13.4. The fraction of sp³-hybridized carbons (Fsp3) is 0.267. The van der Waals surface area contributed by atoms with Gasteiger partial charge in [-0.1, -0.05) is 68.4 Å². The summed E-state index contributed by atoms with van der Waals surface area (Å²) in [7, 11) is 0. The van der Waals surface area contributed by atoms with Crippen LogP contribution in [0.25, 0.3) is 10.9 Å². The monoisotopic (exact) mass is 481 g/mol. The van der Waals surface area contributed by atoms with Gasteiger partial charge in [-0.2, -0.15) is 0 Å². The van der Waals surface area contributed by atoms with Crippen LogP contribution in [0, 0.1) is 5.82 Å². The van der Waals surface area contributed by atoms with Crippen LogP contribution in [0.2, 0.25) is 0 Å². The van der Waals surface area contributed by atoms with Gasteiger partial charge in [0.05, 0.1) is 6.04 Å². The fourth-order valence-electron chi connectivity index (χ4n) is 5.68. The lowest BCUT2D eigenvalue weighted by Crippen LogP contribution is -2.62. The number of amides is 2. The third kappa shape index (κ3) is 3.68. The summed E-state index contributed by atoms with van der Waals surface area (Å²) in [4.78, 5) is 34.4. The summed E-state index contributed by atoms with van der Waals surface area (Å²) in [6.07, 6.45) is 0.463. The van der Waals surface area contributed by atoms with Crippen LogP contribution in [0.4, 0.5) is 4.39 Å². The van der Waals surface area contributed by atoms with Gasteiger partial charge in [0.25, 0.3) is 0 Å². The summed E-state index contributed by atoms with van der Waals surface area (Å²) in [6.45, 7) is 4.60. The molecule has 0 bridgehead atoms. The second-order valence-electron chi connectivity index (χ2n) is 10.1. The molecule has 2 atom stereocenters. The van der Waals surface area contributed by atoms with E-state index in [1.165, 1.54) is 17.7 Å². The summed E-state index contributed by atoms with van der Waals surface area (Å²) in [6, 6.07) is 21.6. The van der Waals surface area contributed by atoms with Crippen molar-refractivity contribution in [1.82, 2.24) is 14.8 Å². The third-order valence-electron chi connectivity index (χ3n) is 7.55. The molecule has 1 saturated heterocycles. The number of para-hydroxylation sites is 1. The van der Waals surface area contributed by atoms with Crippen molar-refractivity contribution in [3.05, 3.63) is 107 Å². The molecule has 4 aromatic rings. The average molecular weight is 482 g/mol. The molecule has 0 radical (unpaired) electrons. The molecule has 6 heteroatoms. The molecule has 1 fully saturated rings. The average Bonchev–Trinajstić information content (AvgIpc) is 3.25. The maximum atomic E-state index is 13.8. The molecule has 2 aliphatic rings. The smallest absolute Gasteiger partial charge is 0.246 e. The Kier molecular flexibility index (Phi) is 5.40. The number of H-pyrrole nitrogens is 1. The lowest BCUT2D eigenvalue weighted by molar-refractivity contribution is -0.159. The van der Waals surface area contributed by atoms with E-state index in [0.29, 0.717) is 12.3 Å². The molecule has 0 spiro atoms. The van der Waals surface area contributed by atoms with E-state index in [0.717, 1.165) is 33.3 Å². The molecule has 5 nitrogen and oxygen atoms in total. The number of nitrogens with zero attached hydrogens (tertiary/aromatic N) is 2. The van der Waals surface area contributed by atoms with Crippen LogP contribution in [-0.4, -0.2) is 39.2 Å². The number of hydrogen-bond acceptors (Lipinski definition) is 2. The molecule has 36 heavy (non-hydrogen) atoms. The first kappa shape index (κ1) is 22.5. The maximum Gasteiger partial charge on any atom is 0.246 e. The molecular weight excluding hydrogens is 453 g/mol. The molecule has 2 amide bonds. The molecular formula is C30H28FN3O2. The van der Waals surface area contributed by atoms with E-state index in [9.17, 15) is 14.0 Å². The molecule has 1 unspecified atom stereocenters. The zero-order chi connectivity index (χ0) is 25.0. The Morgan fingerprint density at radius 2 is 1.69 bits per heavy atom. The van der Waals surface area contributed by atoms with Gasteiger partial charge in [-0.3, -0.25) is 9.59 Å². The van der Waals surface area contributed by atoms with Gasteiger partial charge in [-0.05, 0) is 46.4 Å². The first-order valence-electron chi connectivity index (χ1n) is 12.4. The van der Waals surface area contributed by atoms with E-state index >= 15 is 0 Å². The topological polar surface area (TPSA) is 56.4 Å². The second kappa shape index (κ2) is 8.63. The van der Waals surface area contributed by atoms with Crippen LogP contribution in [-0.2, 0) is 22.6 Å². The summed E-state index contributed by atoms with van der Waals surface area (Å²) >= 11 is 0. The highest BCUT2D eigenvalue weighted by atomic mass is 19.1. The van der Waals surface area contributed by atoms with Crippen molar-refractivity contribution in [1.29, 1.82) is 0 Å². The molecule has 2 aliphatic heterocycles. The summed E-state index contributed by atoms with van der Waals surface area (Å²) in [5, 5.41) is 1.09. The number of fused-ring (bicyclic) bond motifs is 4. The SMILES string of the molecule is CC(C)c1ccc(C2c3[nH]c4ccccc4c3C[C@@H]3C(=O)N(Cc4ccc(F)cc4)CC(=O)N23)cc1. The number of nitrogens with one attached hydrogen (secondary N) is 1. The third-order valence-corrected chi connectivity index (χ3v) is 7.55. The van der Waals surface area contributed by atoms with E-state index < -0.39 is 6.04 Å². The number of aromatic nitrogens is 1. The van der Waals surface area contributed by atoms with Crippen LogP contribution in [0.3, 0.4) is 0 Å². The molecule has 3 aromatic carbocycles. The Labute approximate surface area is 209 Å². The number of aromatic amines is 1. The highest BCUT2D eigenvalue weighted by Gasteiger charge is 2.48. The van der Waals surface area contributed by atoms with E-state index in [1.54, 1.807) is 21.9 Å². The number of carbonyl (C=O) groups is 2. The minimum Gasteiger partial charge on any atom is -0.356 e. The molecule has 1 N–H and O–H groups in total. The van der Waals surface area contributed by atoms with Gasteiger partial charge in [-0.25, -0.2) is 4.39 Å². The maximum absolute atomic E-state index is 13.8. The lowest BCUT2D eigenvalue weighted by atomic mass is 9.85. The van der Waals surface area contributed by atoms with E-state index in [4.69, 9.17) is 0 Å². The van der Waals surface area contributed by atoms with Crippen LogP contribution in [0.5, 0.6) is 0 Å². The zero-order valence-corrected chi connectivity index (χ0v) is 20.4. The van der Waals surface area contributed by atoms with E-state index in [-0.39, 0.29) is 36.8 Å². The van der Waals surface area contributed by atoms with Crippen molar-refractivity contribution >= 4 is 22.7 Å². The van der Waals surface area contributed by atoms with Crippen molar-refractivity contribution < 1.29 is 14.0 Å². The normalized spacial score (nSPS) is 19.7. The molecule has 182 valence electrons. The van der Waals surface area contributed by atoms with Gasteiger partial charge >= 0.3 is 0 Å². The highest BCUT2D eigenvalue weighted by molar-refractivity contribution is 5.97. The molecule has 3 heterocycles. The Hall–Kier alpha value is -3.93. The van der Waals surface area contributed by atoms with Gasteiger partial charge in [0, 0.05) is 29.6 Å². The predicted octanol–water partition coefficient (Wildman–Crippen LogP) is 5.32. The predicted molar refractivity (Wildman–Crippen MR) is 137 cm³/mol. The minimum absolute atomic E-state index is 0.00283. The van der Waals surface area contributed by atoms with Crippen LogP contribution in [0.15, 0.2) is 72.8 Å². The zero-order valence-electron chi connectivity index (χ0n) is 20.4. The fourth-order valence-corrected chi connectivity index (χ4v) is 5.68. The molecule has 0 saturated carbocycles. The Morgan fingerprint density at radius 1 is 0.972 bits per heavy atom. The number of carbonyl (C=O) groups excluding carboxylic acids is 2. The largest absolute Gasteiger partial charge is 0.356 e. The molecule has 1 aromatic heterocycles. The van der Waals surface area contributed by atoms with Gasteiger partial charge in [-0.15, -0.1) is 0 Å². The Morgan fingerprint density at radius 3 is 2.42 bits per heavy atom. The van der Waals surface area contributed by atoms with Gasteiger partial charge < -0.3 is 14.8 Å². The van der Waals surface area contributed by atoms with Gasteiger partial charge in [0.2, 0.25) is 11.8 Å². The number of halogens is 1. The van der Waals surface area contributed by atoms with Crippen molar-refractivity contribution in [2.75, 3.05) is 6.54 Å². The summed E-state index contributed by atoms with van der Waals surface area (Å²) in [5.41, 5.74) is 6.11. The van der Waals surface area contributed by atoms with E-state index in [1.807, 2.05) is 18.2 Å². The molecule has 0 aliphatic carbocycles. The quantitative estimate of drug-likeness (QED) is 0.429. The first-order chi connectivity index (χ1) is 17.4. The van der Waals surface area contributed by atoms with Crippen LogP contribution in [0.1, 0.15) is 53.8 Å². The highest BCUT2D eigenvalue weighted by Crippen LogP contribution is 2.42. The van der Waals surface area contributed by atoms with Crippen LogP contribution < -0.4 is 0 Å². The van der Waals surface area contributed by atoms with Crippen LogP contribution >= 0.6 is 0 Å². The second-order valence-corrected chi connectivity index (χ2v) is 10.1. The van der Waals surface area contributed by atoms with Crippen molar-refractivity contribution in [3.63, 3.8) is 0 Å². The Bertz CT molecular complexity index is 1460. The summed E-state index contributed by atoms with van der Waals surface area (Å²) in [5.74, 6) is -0.0703. The van der Waals surface area contributed by atoms with E-state index in [2.05, 4.69) is 49.2 Å². The number of hydrogen-bond donors (Lipinski definition) is 1.